The second kappa shape index (κ2) is 4.02. The topological polar surface area (TPSA) is 49.3 Å². The molecule has 1 aliphatic rings. The van der Waals surface area contributed by atoms with Crippen LogP contribution in [0.1, 0.15) is 23.7 Å². The largest absolute Gasteiger partial charge is 0.507 e. The summed E-state index contributed by atoms with van der Waals surface area (Å²) in [6.45, 7) is 2.10. The summed E-state index contributed by atoms with van der Waals surface area (Å²) < 4.78 is 0. The van der Waals surface area contributed by atoms with Crippen LogP contribution in [0.15, 0.2) is 36.4 Å². The van der Waals surface area contributed by atoms with E-state index in [0.717, 1.165) is 17.2 Å². The van der Waals surface area contributed by atoms with Crippen LogP contribution in [0.25, 0.3) is 10.8 Å². The first-order valence-electron chi connectivity index (χ1n) is 6.18. The fraction of sp³-hybridized carbons (Fsp3) is 0.267. The van der Waals surface area contributed by atoms with Gasteiger partial charge in [-0.2, -0.15) is 0 Å². The SMILES string of the molecule is CC1CC1NC(=O)c1cc2ccccc2cc1O. The van der Waals surface area contributed by atoms with E-state index in [1.54, 1.807) is 12.1 Å². The summed E-state index contributed by atoms with van der Waals surface area (Å²) in [5, 5.41) is 14.7. The lowest BCUT2D eigenvalue weighted by molar-refractivity contribution is 0.0947. The molecule has 3 heteroatoms. The first-order chi connectivity index (χ1) is 8.65. The number of amides is 1. The van der Waals surface area contributed by atoms with Crippen LogP contribution in [-0.2, 0) is 0 Å². The van der Waals surface area contributed by atoms with Gasteiger partial charge >= 0.3 is 0 Å². The quantitative estimate of drug-likeness (QED) is 0.849. The Morgan fingerprint density at radius 3 is 2.50 bits per heavy atom. The zero-order valence-electron chi connectivity index (χ0n) is 10.2. The smallest absolute Gasteiger partial charge is 0.255 e. The van der Waals surface area contributed by atoms with Crippen LogP contribution in [0, 0.1) is 5.92 Å². The molecule has 0 bridgehead atoms. The van der Waals surface area contributed by atoms with E-state index in [-0.39, 0.29) is 17.7 Å². The van der Waals surface area contributed by atoms with Gasteiger partial charge in [0.15, 0.2) is 0 Å². The summed E-state index contributed by atoms with van der Waals surface area (Å²) >= 11 is 0. The molecule has 0 spiro atoms. The second-order valence-electron chi connectivity index (χ2n) is 5.01. The van der Waals surface area contributed by atoms with E-state index >= 15 is 0 Å². The van der Waals surface area contributed by atoms with Crippen molar-refractivity contribution >= 4 is 16.7 Å². The highest BCUT2D eigenvalue weighted by atomic mass is 16.3. The molecule has 2 aromatic rings. The van der Waals surface area contributed by atoms with Crippen LogP contribution in [0.3, 0.4) is 0 Å². The molecule has 0 radical (unpaired) electrons. The average molecular weight is 241 g/mol. The lowest BCUT2D eigenvalue weighted by Crippen LogP contribution is -2.26. The van der Waals surface area contributed by atoms with E-state index < -0.39 is 0 Å². The van der Waals surface area contributed by atoms with E-state index in [1.807, 2.05) is 24.3 Å². The number of nitrogens with one attached hydrogen (secondary N) is 1. The van der Waals surface area contributed by atoms with Crippen molar-refractivity contribution in [3.63, 3.8) is 0 Å². The van der Waals surface area contributed by atoms with Crippen molar-refractivity contribution in [2.45, 2.75) is 19.4 Å². The van der Waals surface area contributed by atoms with Gasteiger partial charge in [-0.15, -0.1) is 0 Å². The average Bonchev–Trinajstić information content (AvgIpc) is 3.03. The number of carbonyl (C=O) groups excluding carboxylic acids is 1. The van der Waals surface area contributed by atoms with Crippen LogP contribution in [-0.4, -0.2) is 17.1 Å². The predicted molar refractivity (Wildman–Crippen MR) is 70.6 cm³/mol. The zero-order valence-corrected chi connectivity index (χ0v) is 10.2. The molecule has 1 fully saturated rings. The Bertz CT molecular complexity index is 621. The lowest BCUT2D eigenvalue weighted by Gasteiger charge is -2.07. The van der Waals surface area contributed by atoms with E-state index in [4.69, 9.17) is 0 Å². The maximum absolute atomic E-state index is 12.0. The van der Waals surface area contributed by atoms with Gasteiger partial charge in [-0.1, -0.05) is 31.2 Å². The van der Waals surface area contributed by atoms with Crippen LogP contribution < -0.4 is 5.32 Å². The minimum atomic E-state index is -0.187. The number of phenolic OH excluding ortho intramolecular Hbond substituents is 1. The third-order valence-corrected chi connectivity index (χ3v) is 3.53. The Morgan fingerprint density at radius 2 is 1.89 bits per heavy atom. The molecule has 0 heterocycles. The monoisotopic (exact) mass is 241 g/mol. The van der Waals surface area contributed by atoms with Gasteiger partial charge in [-0.3, -0.25) is 4.79 Å². The van der Waals surface area contributed by atoms with Crippen molar-refractivity contribution < 1.29 is 9.90 Å². The van der Waals surface area contributed by atoms with Gasteiger partial charge in [-0.25, -0.2) is 0 Å². The highest BCUT2D eigenvalue weighted by Gasteiger charge is 2.34. The summed E-state index contributed by atoms with van der Waals surface area (Å²) in [6.07, 6.45) is 1.03. The molecule has 3 nitrogen and oxygen atoms in total. The standard InChI is InChI=1S/C15H15NO2/c1-9-6-13(9)16-15(18)12-7-10-4-2-3-5-11(10)8-14(12)17/h2-5,7-9,13,17H,6H2,1H3,(H,16,18). The Labute approximate surface area is 105 Å². The van der Waals surface area contributed by atoms with Crippen LogP contribution in [0.5, 0.6) is 5.75 Å². The van der Waals surface area contributed by atoms with E-state index in [0.29, 0.717) is 11.5 Å². The Hall–Kier alpha value is -2.03. The van der Waals surface area contributed by atoms with Crippen molar-refractivity contribution in [1.82, 2.24) is 5.32 Å². The Balaban J connectivity index is 1.95. The molecule has 92 valence electrons. The molecule has 1 aliphatic carbocycles. The van der Waals surface area contributed by atoms with Gasteiger partial charge in [0.2, 0.25) is 0 Å². The predicted octanol–water partition coefficient (Wildman–Crippen LogP) is 2.68. The molecule has 3 rings (SSSR count). The Kier molecular flexibility index (Phi) is 2.47. The van der Waals surface area contributed by atoms with Crippen molar-refractivity contribution in [2.75, 3.05) is 0 Å². The fourth-order valence-electron chi connectivity index (χ4n) is 2.18. The zero-order chi connectivity index (χ0) is 12.7. The maximum Gasteiger partial charge on any atom is 0.255 e. The molecule has 0 saturated heterocycles. The number of aromatic hydroxyl groups is 1. The normalized spacial score (nSPS) is 21.8. The minimum absolute atomic E-state index is 0.0412. The molecule has 0 aromatic heterocycles. The maximum atomic E-state index is 12.0. The van der Waals surface area contributed by atoms with Crippen LogP contribution in [0.2, 0.25) is 0 Å². The van der Waals surface area contributed by atoms with Gasteiger partial charge < -0.3 is 10.4 Å². The number of carbonyl (C=O) groups is 1. The summed E-state index contributed by atoms with van der Waals surface area (Å²) in [6, 6.07) is 11.3. The highest BCUT2D eigenvalue weighted by Crippen LogP contribution is 2.30. The van der Waals surface area contributed by atoms with Gasteiger partial charge in [0, 0.05) is 6.04 Å². The van der Waals surface area contributed by atoms with Crippen LogP contribution in [0.4, 0.5) is 0 Å². The van der Waals surface area contributed by atoms with Gasteiger partial charge in [0.1, 0.15) is 5.75 Å². The summed E-state index contributed by atoms with van der Waals surface area (Å²) in [7, 11) is 0. The third-order valence-electron chi connectivity index (χ3n) is 3.53. The molecule has 1 saturated carbocycles. The highest BCUT2D eigenvalue weighted by molar-refractivity contribution is 6.01. The van der Waals surface area contributed by atoms with Gasteiger partial charge in [-0.05, 0) is 35.2 Å². The fourth-order valence-corrected chi connectivity index (χ4v) is 2.18. The first kappa shape index (κ1) is 11.1. The molecule has 1 amide bonds. The number of benzene rings is 2. The molecular formula is C15H15NO2. The van der Waals surface area contributed by atoms with Crippen molar-refractivity contribution in [3.05, 3.63) is 42.0 Å². The van der Waals surface area contributed by atoms with Crippen molar-refractivity contribution in [3.8, 4) is 5.75 Å². The number of phenols is 1. The first-order valence-corrected chi connectivity index (χ1v) is 6.18. The number of hydrogen-bond acceptors (Lipinski definition) is 2. The summed E-state index contributed by atoms with van der Waals surface area (Å²) in [4.78, 5) is 12.0. The number of rotatable bonds is 2. The van der Waals surface area contributed by atoms with Crippen molar-refractivity contribution in [1.29, 1.82) is 0 Å². The van der Waals surface area contributed by atoms with Gasteiger partial charge in [0.05, 0.1) is 5.56 Å². The third kappa shape index (κ3) is 1.92. The van der Waals surface area contributed by atoms with E-state index in [1.165, 1.54) is 0 Å². The lowest BCUT2D eigenvalue weighted by atomic mass is 10.1. The molecule has 2 atom stereocenters. The molecular weight excluding hydrogens is 226 g/mol. The molecule has 0 aliphatic heterocycles. The van der Waals surface area contributed by atoms with Crippen molar-refractivity contribution in [2.24, 2.45) is 5.92 Å². The van der Waals surface area contributed by atoms with Crippen LogP contribution >= 0.6 is 0 Å². The number of hydrogen-bond donors (Lipinski definition) is 2. The Morgan fingerprint density at radius 1 is 1.28 bits per heavy atom. The molecule has 2 unspecified atom stereocenters. The molecule has 2 N–H and O–H groups in total. The second-order valence-corrected chi connectivity index (χ2v) is 5.01. The minimum Gasteiger partial charge on any atom is -0.507 e. The number of fused-ring (bicyclic) bond motifs is 1. The molecule has 18 heavy (non-hydrogen) atoms. The van der Waals surface area contributed by atoms with E-state index in [9.17, 15) is 9.90 Å². The summed E-state index contributed by atoms with van der Waals surface area (Å²) in [5.74, 6) is 0.406. The van der Waals surface area contributed by atoms with Gasteiger partial charge in [0.25, 0.3) is 5.91 Å². The molecule has 2 aromatic carbocycles. The summed E-state index contributed by atoms with van der Waals surface area (Å²) in [5.41, 5.74) is 0.354. The van der Waals surface area contributed by atoms with E-state index in [2.05, 4.69) is 12.2 Å².